The molecule has 4 rings (SSSR count). The molecule has 0 aliphatic carbocycles. The van der Waals surface area contributed by atoms with Gasteiger partial charge in [-0.1, -0.05) is 43.6 Å². The lowest BCUT2D eigenvalue weighted by molar-refractivity contribution is -0.130. The fourth-order valence-corrected chi connectivity index (χ4v) is 5.74. The molecular formula is C27H32ClN3O2S. The molecule has 0 saturated carbocycles. The summed E-state index contributed by atoms with van der Waals surface area (Å²) in [6.45, 7) is 7.43. The Morgan fingerprint density at radius 2 is 1.76 bits per heavy atom. The van der Waals surface area contributed by atoms with Gasteiger partial charge in [0.2, 0.25) is 11.8 Å². The summed E-state index contributed by atoms with van der Waals surface area (Å²) in [6, 6.07) is 12.0. The van der Waals surface area contributed by atoms with Crippen LogP contribution in [0.1, 0.15) is 37.0 Å². The summed E-state index contributed by atoms with van der Waals surface area (Å²) in [7, 11) is 0. The summed E-state index contributed by atoms with van der Waals surface area (Å²) in [5.41, 5.74) is 4.34. The lowest BCUT2D eigenvalue weighted by Crippen LogP contribution is -2.38. The van der Waals surface area contributed by atoms with Crippen molar-refractivity contribution in [3.63, 3.8) is 0 Å². The number of amides is 2. The fraction of sp³-hybridized carbons (Fsp3) is 0.407. The Balaban J connectivity index is 1.34. The first kappa shape index (κ1) is 24.7. The Morgan fingerprint density at radius 1 is 1.00 bits per heavy atom. The third-order valence-corrected chi connectivity index (χ3v) is 7.78. The van der Waals surface area contributed by atoms with Gasteiger partial charge < -0.3 is 10.2 Å². The molecule has 0 unspecified atom stereocenters. The predicted octanol–water partition coefficient (Wildman–Crippen LogP) is 5.40. The second-order valence-corrected chi connectivity index (χ2v) is 10.1. The SMILES string of the molecule is CCc1cccc(CC)c1NC(=O)CN1CCCN(C(=O)Cc2csc3ccc(Cl)cc23)CC1. The van der Waals surface area contributed by atoms with Gasteiger partial charge in [-0.15, -0.1) is 11.3 Å². The summed E-state index contributed by atoms with van der Waals surface area (Å²) in [4.78, 5) is 30.0. The van der Waals surface area contributed by atoms with E-state index in [0.29, 0.717) is 31.1 Å². The zero-order valence-electron chi connectivity index (χ0n) is 19.9. The molecule has 1 aliphatic heterocycles. The standard InChI is InChI=1S/C27H32ClN3O2S/c1-3-19-7-5-8-20(4-2)27(19)29-25(32)17-30-11-6-12-31(14-13-30)26(33)15-21-18-34-24-10-9-22(28)16-23(21)24/h5,7-10,16,18H,3-4,6,11-15,17H2,1-2H3,(H,29,32). The molecule has 3 aromatic rings. The Morgan fingerprint density at radius 3 is 2.50 bits per heavy atom. The second-order valence-electron chi connectivity index (χ2n) is 8.80. The molecule has 1 aliphatic rings. The molecule has 5 nitrogen and oxygen atoms in total. The number of carbonyl (C=O) groups excluding carboxylic acids is 2. The van der Waals surface area contributed by atoms with Crippen molar-refractivity contribution in [2.24, 2.45) is 0 Å². The number of para-hydroxylation sites is 1. The van der Waals surface area contributed by atoms with Gasteiger partial charge in [0.1, 0.15) is 0 Å². The summed E-state index contributed by atoms with van der Waals surface area (Å²) in [6.07, 6.45) is 3.02. The van der Waals surface area contributed by atoms with Crippen molar-refractivity contribution < 1.29 is 9.59 Å². The van der Waals surface area contributed by atoms with Crippen molar-refractivity contribution in [2.45, 2.75) is 39.5 Å². The molecule has 2 amide bonds. The molecule has 1 fully saturated rings. The van der Waals surface area contributed by atoms with E-state index >= 15 is 0 Å². The second kappa shape index (κ2) is 11.3. The number of nitrogens with one attached hydrogen (secondary N) is 1. The van der Waals surface area contributed by atoms with Gasteiger partial charge in [0.15, 0.2) is 0 Å². The molecule has 1 aromatic heterocycles. The van der Waals surface area contributed by atoms with Crippen LogP contribution < -0.4 is 5.32 Å². The van der Waals surface area contributed by atoms with Gasteiger partial charge in [0.05, 0.1) is 13.0 Å². The maximum Gasteiger partial charge on any atom is 0.238 e. The number of halogens is 1. The van der Waals surface area contributed by atoms with Gasteiger partial charge in [-0.05, 0) is 64.9 Å². The van der Waals surface area contributed by atoms with E-state index in [4.69, 9.17) is 11.6 Å². The molecule has 7 heteroatoms. The van der Waals surface area contributed by atoms with Crippen LogP contribution in [0, 0.1) is 0 Å². The number of aryl methyl sites for hydroxylation is 2. The van der Waals surface area contributed by atoms with Crippen molar-refractivity contribution in [2.75, 3.05) is 38.0 Å². The minimum absolute atomic E-state index is 0.0111. The lowest BCUT2D eigenvalue weighted by Gasteiger charge is -2.22. The third-order valence-electron chi connectivity index (χ3n) is 6.53. The number of anilines is 1. The molecule has 0 bridgehead atoms. The van der Waals surface area contributed by atoms with Gasteiger partial charge in [0, 0.05) is 41.6 Å². The van der Waals surface area contributed by atoms with E-state index in [2.05, 4.69) is 47.6 Å². The van der Waals surface area contributed by atoms with Crippen molar-refractivity contribution in [1.29, 1.82) is 0 Å². The third kappa shape index (κ3) is 5.80. The highest BCUT2D eigenvalue weighted by atomic mass is 35.5. The first-order valence-corrected chi connectivity index (χ1v) is 13.3. The molecular weight excluding hydrogens is 466 g/mol. The Kier molecular flexibility index (Phi) is 8.24. The highest BCUT2D eigenvalue weighted by Crippen LogP contribution is 2.29. The number of carbonyl (C=O) groups is 2. The summed E-state index contributed by atoms with van der Waals surface area (Å²) in [5, 5.41) is 6.98. The molecule has 0 radical (unpaired) electrons. The number of rotatable bonds is 7. The zero-order chi connectivity index (χ0) is 24.1. The smallest absolute Gasteiger partial charge is 0.238 e. The molecule has 2 aromatic carbocycles. The van der Waals surface area contributed by atoms with Gasteiger partial charge in [-0.25, -0.2) is 0 Å². The van der Waals surface area contributed by atoms with Gasteiger partial charge in [-0.3, -0.25) is 14.5 Å². The average Bonchev–Trinajstić information content (AvgIpc) is 3.06. The zero-order valence-corrected chi connectivity index (χ0v) is 21.5. The van der Waals surface area contributed by atoms with Crippen LogP contribution in [0.25, 0.3) is 10.1 Å². The largest absolute Gasteiger partial charge is 0.341 e. The molecule has 34 heavy (non-hydrogen) atoms. The first-order valence-electron chi connectivity index (χ1n) is 12.0. The average molecular weight is 498 g/mol. The Hall–Kier alpha value is -2.41. The number of nitrogens with zero attached hydrogens (tertiary/aromatic N) is 2. The lowest BCUT2D eigenvalue weighted by atomic mass is 10.0. The Labute approximate surface area is 210 Å². The monoisotopic (exact) mass is 497 g/mol. The van der Waals surface area contributed by atoms with Crippen molar-refractivity contribution >= 4 is 50.5 Å². The molecule has 1 N–H and O–H groups in total. The van der Waals surface area contributed by atoms with Crippen molar-refractivity contribution in [3.8, 4) is 0 Å². The maximum atomic E-state index is 13.1. The molecule has 0 spiro atoms. The van der Waals surface area contributed by atoms with E-state index in [1.807, 2.05) is 23.1 Å². The van der Waals surface area contributed by atoms with E-state index in [1.165, 1.54) is 11.1 Å². The highest BCUT2D eigenvalue weighted by molar-refractivity contribution is 7.17. The summed E-state index contributed by atoms with van der Waals surface area (Å²) < 4.78 is 1.15. The predicted molar refractivity (Wildman–Crippen MR) is 142 cm³/mol. The van der Waals surface area contributed by atoms with Crippen LogP contribution in [-0.4, -0.2) is 54.3 Å². The first-order chi connectivity index (χ1) is 16.5. The van der Waals surface area contributed by atoms with Crippen molar-refractivity contribution in [3.05, 3.63) is 63.5 Å². The Bertz CT molecular complexity index is 1150. The number of hydrogen-bond donors (Lipinski definition) is 1. The quantitative estimate of drug-likeness (QED) is 0.475. The van der Waals surface area contributed by atoms with E-state index in [-0.39, 0.29) is 11.8 Å². The van der Waals surface area contributed by atoms with E-state index in [0.717, 1.165) is 53.7 Å². The van der Waals surface area contributed by atoms with E-state index in [1.54, 1.807) is 11.3 Å². The molecule has 1 saturated heterocycles. The van der Waals surface area contributed by atoms with Gasteiger partial charge in [-0.2, -0.15) is 0 Å². The summed E-state index contributed by atoms with van der Waals surface area (Å²) >= 11 is 7.81. The van der Waals surface area contributed by atoms with E-state index < -0.39 is 0 Å². The van der Waals surface area contributed by atoms with Crippen LogP contribution in [-0.2, 0) is 28.9 Å². The fourth-order valence-electron chi connectivity index (χ4n) is 4.63. The minimum Gasteiger partial charge on any atom is -0.341 e. The number of thiophene rings is 1. The van der Waals surface area contributed by atoms with Crippen LogP contribution in [0.5, 0.6) is 0 Å². The minimum atomic E-state index is 0.0111. The molecule has 0 atom stereocenters. The van der Waals surface area contributed by atoms with Crippen molar-refractivity contribution in [1.82, 2.24) is 9.80 Å². The molecule has 180 valence electrons. The highest BCUT2D eigenvalue weighted by Gasteiger charge is 2.22. The van der Waals surface area contributed by atoms with E-state index in [9.17, 15) is 9.59 Å². The topological polar surface area (TPSA) is 52.7 Å². The summed E-state index contributed by atoms with van der Waals surface area (Å²) in [5.74, 6) is 0.146. The number of hydrogen-bond acceptors (Lipinski definition) is 4. The van der Waals surface area contributed by atoms with Crippen LogP contribution in [0.3, 0.4) is 0 Å². The number of benzene rings is 2. The maximum absolute atomic E-state index is 13.1. The van der Waals surface area contributed by atoms with Crippen LogP contribution in [0.4, 0.5) is 5.69 Å². The van der Waals surface area contributed by atoms with Gasteiger partial charge >= 0.3 is 0 Å². The van der Waals surface area contributed by atoms with Gasteiger partial charge in [0.25, 0.3) is 0 Å². The van der Waals surface area contributed by atoms with Crippen LogP contribution in [0.2, 0.25) is 5.02 Å². The normalized spacial score (nSPS) is 14.9. The van der Waals surface area contributed by atoms with Crippen LogP contribution in [0.15, 0.2) is 41.8 Å². The molecule has 2 heterocycles. The van der Waals surface area contributed by atoms with Crippen LogP contribution >= 0.6 is 22.9 Å². The number of fused-ring (bicyclic) bond motifs is 1.